The average molecular weight is 803 g/mol. The molecule has 0 N–H and O–H groups in total. The minimum atomic E-state index is -0.0221. The molecule has 0 unspecified atom stereocenters. The minimum Gasteiger partial charge on any atom is -0.292 e. The van der Waals surface area contributed by atoms with Gasteiger partial charge < -0.3 is 0 Å². The molecule has 0 saturated carbocycles. The molecule has 10 aromatic rings. The standard InChI is InChI=1S/C58H50N4/c1-57(2,3)43-33-35-49(47(37-43)39-21-11-7-12-22-39)61-51-31-19-29-45(53(51)59-55(61)41-25-15-9-16-26-41)46-30-20-32-52-54(46)60-56(42-27-17-10-18-28-42)62(52)50-36-34-44(58(4,5)6)38-48(50)40-23-13-8-14-24-40/h7-38H,1-6H3. The predicted molar refractivity (Wildman–Crippen MR) is 260 cm³/mol. The predicted octanol–water partition coefficient (Wildman–Crippen LogP) is 15.3. The lowest BCUT2D eigenvalue weighted by molar-refractivity contribution is 0.590. The molecule has 0 saturated heterocycles. The molecule has 0 fully saturated rings. The first-order valence-corrected chi connectivity index (χ1v) is 21.6. The monoisotopic (exact) mass is 802 g/mol. The molecular weight excluding hydrogens is 753 g/mol. The molecule has 0 aliphatic rings. The maximum Gasteiger partial charge on any atom is 0.145 e. The number of hydrogen-bond acceptors (Lipinski definition) is 2. The zero-order valence-electron chi connectivity index (χ0n) is 36.3. The molecule has 4 nitrogen and oxygen atoms in total. The smallest absolute Gasteiger partial charge is 0.145 e. The Morgan fingerprint density at radius 3 is 1.00 bits per heavy atom. The van der Waals surface area contributed by atoms with Crippen LogP contribution in [0.3, 0.4) is 0 Å². The number of nitrogens with zero attached hydrogens (tertiary/aromatic N) is 4. The van der Waals surface area contributed by atoms with Crippen LogP contribution in [0.2, 0.25) is 0 Å². The van der Waals surface area contributed by atoms with Gasteiger partial charge in [-0.3, -0.25) is 9.13 Å². The number of rotatable bonds is 7. The van der Waals surface area contributed by atoms with E-state index >= 15 is 0 Å². The Hall–Kier alpha value is -7.30. The number of para-hydroxylation sites is 2. The topological polar surface area (TPSA) is 35.6 Å². The highest BCUT2D eigenvalue weighted by Gasteiger charge is 2.26. The SMILES string of the molecule is CC(C)(C)c1ccc(-n2c(-c3ccccc3)nc3c(-c4cccc5c4nc(-c4ccccc4)n5-c4ccc(C(C)(C)C)cc4-c4ccccc4)cccc32)c(-c2ccccc2)c1. The summed E-state index contributed by atoms with van der Waals surface area (Å²) >= 11 is 0. The molecule has 0 atom stereocenters. The van der Waals surface area contributed by atoms with Crippen LogP contribution in [0.5, 0.6) is 0 Å². The summed E-state index contributed by atoms with van der Waals surface area (Å²) in [6, 6.07) is 69.7. The van der Waals surface area contributed by atoms with Crippen LogP contribution in [0.15, 0.2) is 194 Å². The highest BCUT2D eigenvalue weighted by molar-refractivity contribution is 6.04. The van der Waals surface area contributed by atoms with E-state index in [0.717, 1.165) is 67.3 Å². The minimum absolute atomic E-state index is 0.0221. The van der Waals surface area contributed by atoms with Crippen molar-refractivity contribution in [2.24, 2.45) is 0 Å². The summed E-state index contributed by atoms with van der Waals surface area (Å²) in [6.07, 6.45) is 0. The number of imidazole rings is 2. The van der Waals surface area contributed by atoms with Crippen molar-refractivity contribution in [2.75, 3.05) is 0 Å². The second-order valence-electron chi connectivity index (χ2n) is 18.3. The van der Waals surface area contributed by atoms with Gasteiger partial charge in [-0.15, -0.1) is 0 Å². The van der Waals surface area contributed by atoms with Gasteiger partial charge in [0.2, 0.25) is 0 Å². The van der Waals surface area contributed by atoms with Crippen LogP contribution in [0.4, 0.5) is 0 Å². The van der Waals surface area contributed by atoms with E-state index in [2.05, 4.69) is 245 Å². The Balaban J connectivity index is 1.26. The molecule has 0 bridgehead atoms. The number of aromatic nitrogens is 4. The molecule has 8 aromatic carbocycles. The van der Waals surface area contributed by atoms with E-state index in [1.165, 1.54) is 33.4 Å². The van der Waals surface area contributed by atoms with Crippen LogP contribution in [0, 0.1) is 0 Å². The third-order valence-electron chi connectivity index (χ3n) is 12.1. The van der Waals surface area contributed by atoms with E-state index in [-0.39, 0.29) is 10.8 Å². The first kappa shape index (κ1) is 38.9. The maximum atomic E-state index is 5.61. The molecule has 2 aromatic heterocycles. The molecular formula is C58H50N4. The van der Waals surface area contributed by atoms with Gasteiger partial charge in [0.1, 0.15) is 11.6 Å². The fourth-order valence-corrected chi connectivity index (χ4v) is 8.78. The number of fused-ring (bicyclic) bond motifs is 2. The van der Waals surface area contributed by atoms with Crippen molar-refractivity contribution >= 4 is 22.1 Å². The van der Waals surface area contributed by atoms with E-state index in [9.17, 15) is 0 Å². The van der Waals surface area contributed by atoms with Crippen molar-refractivity contribution in [1.82, 2.24) is 19.1 Å². The van der Waals surface area contributed by atoms with Gasteiger partial charge >= 0.3 is 0 Å². The van der Waals surface area contributed by atoms with Gasteiger partial charge in [-0.1, -0.05) is 199 Å². The zero-order valence-corrected chi connectivity index (χ0v) is 36.3. The van der Waals surface area contributed by atoms with Crippen molar-refractivity contribution in [3.05, 3.63) is 205 Å². The third-order valence-corrected chi connectivity index (χ3v) is 12.1. The summed E-state index contributed by atoms with van der Waals surface area (Å²) in [6.45, 7) is 13.7. The van der Waals surface area contributed by atoms with Gasteiger partial charge in [-0.2, -0.15) is 0 Å². The van der Waals surface area contributed by atoms with Gasteiger partial charge in [-0.05, 0) is 69.5 Å². The fraction of sp³-hybridized carbons (Fsp3) is 0.138. The van der Waals surface area contributed by atoms with Crippen LogP contribution < -0.4 is 0 Å². The molecule has 0 amide bonds. The normalized spacial score (nSPS) is 12.0. The lowest BCUT2D eigenvalue weighted by Crippen LogP contribution is -2.12. The van der Waals surface area contributed by atoms with Gasteiger partial charge in [-0.25, -0.2) is 9.97 Å². The van der Waals surface area contributed by atoms with Crippen LogP contribution in [0.25, 0.3) is 89.6 Å². The largest absolute Gasteiger partial charge is 0.292 e. The lowest BCUT2D eigenvalue weighted by atomic mass is 9.85. The number of benzene rings is 8. The average Bonchev–Trinajstić information content (AvgIpc) is 3.89. The molecule has 10 rings (SSSR count). The molecule has 0 radical (unpaired) electrons. The van der Waals surface area contributed by atoms with E-state index < -0.39 is 0 Å². The summed E-state index contributed by atoms with van der Waals surface area (Å²) in [5, 5.41) is 0. The van der Waals surface area contributed by atoms with Crippen molar-refractivity contribution < 1.29 is 0 Å². The number of hydrogen-bond donors (Lipinski definition) is 0. The summed E-state index contributed by atoms with van der Waals surface area (Å²) in [5.41, 5.74) is 17.4. The molecule has 0 aliphatic carbocycles. The van der Waals surface area contributed by atoms with E-state index in [1.54, 1.807) is 0 Å². The third kappa shape index (κ3) is 6.92. The Morgan fingerprint density at radius 1 is 0.323 bits per heavy atom. The summed E-state index contributed by atoms with van der Waals surface area (Å²) in [5.74, 6) is 1.78. The fourth-order valence-electron chi connectivity index (χ4n) is 8.78. The van der Waals surface area contributed by atoms with E-state index in [0.29, 0.717) is 0 Å². The molecule has 62 heavy (non-hydrogen) atoms. The van der Waals surface area contributed by atoms with Crippen molar-refractivity contribution in [1.29, 1.82) is 0 Å². The van der Waals surface area contributed by atoms with Gasteiger partial charge in [0.15, 0.2) is 0 Å². The Kier molecular flexibility index (Phi) is 9.60. The zero-order chi connectivity index (χ0) is 42.6. The highest BCUT2D eigenvalue weighted by Crippen LogP contribution is 2.43. The maximum absolute atomic E-state index is 5.61. The summed E-state index contributed by atoms with van der Waals surface area (Å²) in [7, 11) is 0. The molecule has 4 heteroatoms. The summed E-state index contributed by atoms with van der Waals surface area (Å²) < 4.78 is 4.72. The van der Waals surface area contributed by atoms with Crippen molar-refractivity contribution in [3.63, 3.8) is 0 Å². The van der Waals surface area contributed by atoms with E-state index in [4.69, 9.17) is 9.97 Å². The second kappa shape index (κ2) is 15.3. The molecule has 302 valence electrons. The van der Waals surface area contributed by atoms with Crippen LogP contribution in [-0.2, 0) is 10.8 Å². The Morgan fingerprint density at radius 2 is 0.661 bits per heavy atom. The van der Waals surface area contributed by atoms with Gasteiger partial charge in [0.05, 0.1) is 33.4 Å². The second-order valence-corrected chi connectivity index (χ2v) is 18.3. The molecule has 0 spiro atoms. The lowest BCUT2D eigenvalue weighted by Gasteiger charge is -2.23. The Labute approximate surface area is 364 Å². The van der Waals surface area contributed by atoms with Crippen LogP contribution in [-0.4, -0.2) is 19.1 Å². The van der Waals surface area contributed by atoms with Gasteiger partial charge in [0.25, 0.3) is 0 Å². The van der Waals surface area contributed by atoms with Crippen LogP contribution >= 0.6 is 0 Å². The first-order chi connectivity index (χ1) is 30.0. The quantitative estimate of drug-likeness (QED) is 0.161. The highest BCUT2D eigenvalue weighted by atomic mass is 15.1. The molecule has 2 heterocycles. The van der Waals surface area contributed by atoms with E-state index in [1.807, 2.05) is 0 Å². The van der Waals surface area contributed by atoms with Crippen molar-refractivity contribution in [2.45, 2.75) is 52.4 Å². The van der Waals surface area contributed by atoms with Crippen molar-refractivity contribution in [3.8, 4) is 67.5 Å². The molecule has 0 aliphatic heterocycles. The van der Waals surface area contributed by atoms with Crippen LogP contribution in [0.1, 0.15) is 52.7 Å². The first-order valence-electron chi connectivity index (χ1n) is 21.6. The van der Waals surface area contributed by atoms with Gasteiger partial charge in [0, 0.05) is 33.4 Å². The Bertz CT molecular complexity index is 3000. The summed E-state index contributed by atoms with van der Waals surface area (Å²) in [4.78, 5) is 11.2.